The van der Waals surface area contributed by atoms with Crippen LogP contribution in [0.2, 0.25) is 0 Å². The maximum Gasteiger partial charge on any atom is 0.272 e. The number of aryl methyl sites for hydroxylation is 1. The van der Waals surface area contributed by atoms with E-state index < -0.39 is 0 Å². The fraction of sp³-hybridized carbons (Fsp3) is 0.409. The second kappa shape index (κ2) is 7.26. The number of fused-ring (bicyclic) bond motifs is 1. The van der Waals surface area contributed by atoms with E-state index in [-0.39, 0.29) is 11.8 Å². The molecule has 3 aromatic rings. The van der Waals surface area contributed by atoms with Crippen molar-refractivity contribution in [2.24, 2.45) is 7.05 Å². The SMILES string of the molecule is CC(C)c1cc(C(=O)N2CCCC(c3nc4ccccc4cc3N)C2)n(C)n1. The summed E-state index contributed by atoms with van der Waals surface area (Å²) in [5, 5.41) is 5.53. The molecule has 1 aromatic carbocycles. The Labute approximate surface area is 165 Å². The van der Waals surface area contributed by atoms with Crippen molar-refractivity contribution in [2.75, 3.05) is 18.8 Å². The molecule has 4 rings (SSSR count). The molecule has 1 aliphatic rings. The fourth-order valence-corrected chi connectivity index (χ4v) is 3.99. The van der Waals surface area contributed by atoms with Gasteiger partial charge in [-0.3, -0.25) is 14.5 Å². The number of aromatic nitrogens is 3. The molecule has 0 bridgehead atoms. The third-order valence-corrected chi connectivity index (χ3v) is 5.59. The first-order chi connectivity index (χ1) is 13.4. The van der Waals surface area contributed by atoms with Crippen molar-refractivity contribution < 1.29 is 4.79 Å². The highest BCUT2D eigenvalue weighted by Gasteiger charge is 2.29. The number of para-hydroxylation sites is 1. The Kier molecular flexibility index (Phi) is 4.79. The topological polar surface area (TPSA) is 77.0 Å². The summed E-state index contributed by atoms with van der Waals surface area (Å²) in [6.07, 6.45) is 1.93. The van der Waals surface area contributed by atoms with E-state index in [9.17, 15) is 4.79 Å². The molecular weight excluding hydrogens is 350 g/mol. The van der Waals surface area contributed by atoms with E-state index in [0.29, 0.717) is 23.8 Å². The number of hydrogen-bond acceptors (Lipinski definition) is 4. The van der Waals surface area contributed by atoms with E-state index in [0.717, 1.165) is 41.7 Å². The predicted molar refractivity (Wildman–Crippen MR) is 111 cm³/mol. The van der Waals surface area contributed by atoms with E-state index >= 15 is 0 Å². The van der Waals surface area contributed by atoms with Gasteiger partial charge in [-0.05, 0) is 37.0 Å². The molecule has 0 saturated carbocycles. The highest BCUT2D eigenvalue weighted by molar-refractivity contribution is 5.93. The number of piperidine rings is 1. The van der Waals surface area contributed by atoms with Crippen LogP contribution in [0.25, 0.3) is 10.9 Å². The van der Waals surface area contributed by atoms with Crippen LogP contribution in [-0.2, 0) is 7.05 Å². The molecule has 2 N–H and O–H groups in total. The van der Waals surface area contributed by atoms with Crippen molar-refractivity contribution in [3.8, 4) is 0 Å². The minimum atomic E-state index is 0.0333. The standard InChI is InChI=1S/C22H27N5O/c1-14(2)19-12-20(26(3)25-19)22(28)27-10-6-8-16(13-27)21-17(23)11-15-7-4-5-9-18(15)24-21/h4-5,7,9,11-12,14,16H,6,8,10,13,23H2,1-3H3. The summed E-state index contributed by atoms with van der Waals surface area (Å²) < 4.78 is 1.70. The van der Waals surface area contributed by atoms with Gasteiger partial charge in [-0.1, -0.05) is 32.0 Å². The van der Waals surface area contributed by atoms with Crippen LogP contribution in [0.15, 0.2) is 36.4 Å². The monoisotopic (exact) mass is 377 g/mol. The molecule has 0 radical (unpaired) electrons. The van der Waals surface area contributed by atoms with Gasteiger partial charge in [0.25, 0.3) is 5.91 Å². The molecule has 6 heteroatoms. The Morgan fingerprint density at radius 2 is 2.04 bits per heavy atom. The second-order valence-corrected chi connectivity index (χ2v) is 7.98. The Hall–Kier alpha value is -2.89. The van der Waals surface area contributed by atoms with Gasteiger partial charge in [0.1, 0.15) is 5.69 Å². The number of anilines is 1. The highest BCUT2D eigenvalue weighted by atomic mass is 16.2. The number of amides is 1. The maximum atomic E-state index is 13.1. The van der Waals surface area contributed by atoms with Gasteiger partial charge in [-0.25, -0.2) is 0 Å². The van der Waals surface area contributed by atoms with Crippen molar-refractivity contribution in [3.63, 3.8) is 0 Å². The maximum absolute atomic E-state index is 13.1. The zero-order valence-corrected chi connectivity index (χ0v) is 16.7. The second-order valence-electron chi connectivity index (χ2n) is 7.98. The van der Waals surface area contributed by atoms with Crippen LogP contribution in [0.5, 0.6) is 0 Å². The molecule has 1 amide bonds. The number of benzene rings is 1. The highest BCUT2D eigenvalue weighted by Crippen LogP contribution is 2.32. The molecule has 1 aliphatic heterocycles. The molecule has 6 nitrogen and oxygen atoms in total. The Morgan fingerprint density at radius 1 is 1.25 bits per heavy atom. The first kappa shape index (κ1) is 18.5. The van der Waals surface area contributed by atoms with Crippen molar-refractivity contribution >= 4 is 22.5 Å². The van der Waals surface area contributed by atoms with Crippen LogP contribution < -0.4 is 5.73 Å². The summed E-state index contributed by atoms with van der Waals surface area (Å²) in [6, 6.07) is 11.9. The van der Waals surface area contributed by atoms with Crippen molar-refractivity contribution in [2.45, 2.75) is 38.5 Å². The molecule has 1 fully saturated rings. The largest absolute Gasteiger partial charge is 0.397 e. The third kappa shape index (κ3) is 3.35. The summed E-state index contributed by atoms with van der Waals surface area (Å²) in [7, 11) is 1.84. The van der Waals surface area contributed by atoms with Gasteiger partial charge in [0.05, 0.1) is 22.6 Å². The van der Waals surface area contributed by atoms with E-state index in [2.05, 4.69) is 18.9 Å². The summed E-state index contributed by atoms with van der Waals surface area (Å²) in [5.41, 5.74) is 10.5. The minimum absolute atomic E-state index is 0.0333. The molecule has 28 heavy (non-hydrogen) atoms. The number of carbonyl (C=O) groups excluding carboxylic acids is 1. The van der Waals surface area contributed by atoms with E-state index in [1.165, 1.54) is 0 Å². The van der Waals surface area contributed by atoms with Crippen LogP contribution in [0.4, 0.5) is 5.69 Å². The minimum Gasteiger partial charge on any atom is -0.397 e. The summed E-state index contributed by atoms with van der Waals surface area (Å²) in [5.74, 6) is 0.481. The molecule has 3 heterocycles. The number of likely N-dealkylation sites (tertiary alicyclic amines) is 1. The van der Waals surface area contributed by atoms with Gasteiger partial charge in [0.15, 0.2) is 0 Å². The van der Waals surface area contributed by atoms with Crippen LogP contribution in [0.3, 0.4) is 0 Å². The lowest BCUT2D eigenvalue weighted by molar-refractivity contribution is 0.0695. The van der Waals surface area contributed by atoms with Crippen LogP contribution in [0, 0.1) is 0 Å². The zero-order chi connectivity index (χ0) is 19.8. The van der Waals surface area contributed by atoms with E-state index in [1.807, 2.05) is 48.3 Å². The van der Waals surface area contributed by atoms with Gasteiger partial charge >= 0.3 is 0 Å². The first-order valence-electron chi connectivity index (χ1n) is 9.92. The molecule has 0 aliphatic carbocycles. The average Bonchev–Trinajstić information content (AvgIpc) is 3.09. The molecule has 2 aromatic heterocycles. The van der Waals surface area contributed by atoms with Crippen molar-refractivity contribution in [3.05, 3.63) is 53.5 Å². The zero-order valence-electron chi connectivity index (χ0n) is 16.7. The van der Waals surface area contributed by atoms with Crippen molar-refractivity contribution in [1.29, 1.82) is 0 Å². The molecule has 1 saturated heterocycles. The molecule has 0 spiro atoms. The molecule has 146 valence electrons. The number of pyridine rings is 1. The van der Waals surface area contributed by atoms with Gasteiger partial charge < -0.3 is 10.6 Å². The van der Waals surface area contributed by atoms with Gasteiger partial charge in [-0.15, -0.1) is 0 Å². The van der Waals surface area contributed by atoms with E-state index in [1.54, 1.807) is 4.68 Å². The first-order valence-corrected chi connectivity index (χ1v) is 9.92. The van der Waals surface area contributed by atoms with E-state index in [4.69, 9.17) is 10.7 Å². The number of carbonyl (C=O) groups is 1. The molecule has 1 atom stereocenters. The van der Waals surface area contributed by atoms with Gasteiger partial charge in [-0.2, -0.15) is 5.10 Å². The lowest BCUT2D eigenvalue weighted by Gasteiger charge is -2.33. The van der Waals surface area contributed by atoms with Crippen molar-refractivity contribution in [1.82, 2.24) is 19.7 Å². The lowest BCUT2D eigenvalue weighted by Crippen LogP contribution is -2.40. The van der Waals surface area contributed by atoms with Gasteiger partial charge in [0, 0.05) is 31.4 Å². The number of nitrogens with zero attached hydrogens (tertiary/aromatic N) is 4. The van der Waals surface area contributed by atoms with Crippen LogP contribution in [0.1, 0.15) is 60.4 Å². The lowest BCUT2D eigenvalue weighted by atomic mass is 9.92. The fourth-order valence-electron chi connectivity index (χ4n) is 3.99. The van der Waals surface area contributed by atoms with Crippen LogP contribution in [-0.4, -0.2) is 38.7 Å². The summed E-state index contributed by atoms with van der Waals surface area (Å²) >= 11 is 0. The smallest absolute Gasteiger partial charge is 0.272 e. The quantitative estimate of drug-likeness (QED) is 0.755. The molecular formula is C22H27N5O. The molecule has 1 unspecified atom stereocenters. The average molecular weight is 377 g/mol. The normalized spacial score (nSPS) is 17.4. The Morgan fingerprint density at radius 3 is 2.79 bits per heavy atom. The summed E-state index contributed by atoms with van der Waals surface area (Å²) in [4.78, 5) is 19.9. The van der Waals surface area contributed by atoms with Crippen LogP contribution >= 0.6 is 0 Å². The number of nitrogen functional groups attached to an aromatic ring is 1. The van der Waals surface area contributed by atoms with Gasteiger partial charge in [0.2, 0.25) is 0 Å². The summed E-state index contributed by atoms with van der Waals surface area (Å²) in [6.45, 7) is 5.56. The number of rotatable bonds is 3. The number of nitrogens with two attached hydrogens (primary N) is 1. The predicted octanol–water partition coefficient (Wildman–Crippen LogP) is 3.69. The third-order valence-electron chi connectivity index (χ3n) is 5.59. The Balaban J connectivity index is 1.59. The number of hydrogen-bond donors (Lipinski definition) is 1. The Bertz CT molecular complexity index is 1020.